The molecule has 0 spiro atoms. The molecule has 0 aromatic carbocycles. The Labute approximate surface area is 119 Å². The molecule has 0 rings (SSSR count). The molecular formula is C13H24N2O5. The molecule has 7 heteroatoms. The molecule has 0 heterocycles. The van der Waals surface area contributed by atoms with Crippen LogP contribution in [0.15, 0.2) is 0 Å². The number of carboxylic acid groups (broad SMARTS) is 1. The van der Waals surface area contributed by atoms with Crippen LogP contribution in [0.2, 0.25) is 0 Å². The predicted octanol–water partition coefficient (Wildman–Crippen LogP) is 1.13. The van der Waals surface area contributed by atoms with Gasteiger partial charge in [0.2, 0.25) is 5.91 Å². The third kappa shape index (κ3) is 11.5. The fourth-order valence-corrected chi connectivity index (χ4v) is 1.49. The molecule has 0 aliphatic carbocycles. The van der Waals surface area contributed by atoms with Gasteiger partial charge < -0.3 is 15.2 Å². The van der Waals surface area contributed by atoms with Gasteiger partial charge in [-0.3, -0.25) is 14.9 Å². The average Bonchev–Trinajstić information content (AvgIpc) is 2.32. The molecule has 0 saturated heterocycles. The summed E-state index contributed by atoms with van der Waals surface area (Å²) >= 11 is 0. The van der Waals surface area contributed by atoms with Gasteiger partial charge in [-0.25, -0.2) is 4.79 Å². The number of carbonyl (C=O) groups is 3. The summed E-state index contributed by atoms with van der Waals surface area (Å²) < 4.78 is 5.25. The first-order chi connectivity index (χ1) is 9.45. The molecule has 1 atom stereocenters. The topological polar surface area (TPSA) is 105 Å². The second kappa shape index (κ2) is 11.2. The largest absolute Gasteiger partial charge is 0.481 e. The third-order valence-electron chi connectivity index (χ3n) is 2.48. The molecule has 0 aliphatic heterocycles. The van der Waals surface area contributed by atoms with Crippen molar-refractivity contribution in [3.8, 4) is 0 Å². The van der Waals surface area contributed by atoms with Crippen molar-refractivity contribution >= 4 is 17.9 Å². The Hall–Kier alpha value is -1.63. The van der Waals surface area contributed by atoms with Gasteiger partial charge in [0.25, 0.3) is 0 Å². The van der Waals surface area contributed by atoms with E-state index in [0.717, 1.165) is 12.8 Å². The number of unbranched alkanes of at least 4 members (excludes halogenated alkanes) is 1. The van der Waals surface area contributed by atoms with Crippen LogP contribution in [0.4, 0.5) is 4.79 Å². The Morgan fingerprint density at radius 2 is 1.90 bits per heavy atom. The molecule has 3 amide bonds. The number of rotatable bonds is 10. The molecule has 0 aliphatic rings. The number of nitrogens with one attached hydrogen (secondary N) is 2. The Bertz CT molecular complexity index is 320. The van der Waals surface area contributed by atoms with Gasteiger partial charge in [-0.1, -0.05) is 20.3 Å². The second-order valence-corrected chi connectivity index (χ2v) is 4.68. The lowest BCUT2D eigenvalue weighted by Crippen LogP contribution is -2.41. The van der Waals surface area contributed by atoms with E-state index < -0.39 is 17.9 Å². The van der Waals surface area contributed by atoms with E-state index in [1.54, 1.807) is 6.92 Å². The van der Waals surface area contributed by atoms with Crippen LogP contribution in [0, 0.1) is 5.92 Å². The number of hydrogen-bond donors (Lipinski definition) is 3. The Morgan fingerprint density at radius 3 is 2.50 bits per heavy atom. The van der Waals surface area contributed by atoms with Crippen LogP contribution >= 0.6 is 0 Å². The van der Waals surface area contributed by atoms with E-state index >= 15 is 0 Å². The van der Waals surface area contributed by atoms with E-state index in [0.29, 0.717) is 19.8 Å². The lowest BCUT2D eigenvalue weighted by atomic mass is 10.0. The van der Waals surface area contributed by atoms with Gasteiger partial charge >= 0.3 is 12.0 Å². The standard InChI is InChI=1S/C13H24N2O5/c1-3-4-6-20-7-5-14-13(19)15-11(16)8-10(2)9-12(17)18/h10H,3-9H2,1-2H3,(H,17,18)(H2,14,15,16,19). The number of imide groups is 1. The average molecular weight is 288 g/mol. The predicted molar refractivity (Wildman–Crippen MR) is 73.3 cm³/mol. The highest BCUT2D eigenvalue weighted by atomic mass is 16.5. The molecule has 3 N–H and O–H groups in total. The van der Waals surface area contributed by atoms with Gasteiger partial charge in [0.1, 0.15) is 0 Å². The van der Waals surface area contributed by atoms with Gasteiger partial charge in [-0.2, -0.15) is 0 Å². The second-order valence-electron chi connectivity index (χ2n) is 4.68. The van der Waals surface area contributed by atoms with Crippen molar-refractivity contribution < 1.29 is 24.2 Å². The molecule has 0 aromatic heterocycles. The van der Waals surface area contributed by atoms with Gasteiger partial charge in [0.05, 0.1) is 6.61 Å². The maximum atomic E-state index is 11.4. The van der Waals surface area contributed by atoms with Crippen molar-refractivity contribution in [2.24, 2.45) is 5.92 Å². The minimum atomic E-state index is -0.959. The van der Waals surface area contributed by atoms with Crippen LogP contribution in [0.5, 0.6) is 0 Å². The Morgan fingerprint density at radius 1 is 1.20 bits per heavy atom. The highest BCUT2D eigenvalue weighted by Crippen LogP contribution is 2.06. The van der Waals surface area contributed by atoms with Crippen molar-refractivity contribution in [3.05, 3.63) is 0 Å². The van der Waals surface area contributed by atoms with Gasteiger partial charge in [0.15, 0.2) is 0 Å². The highest BCUT2D eigenvalue weighted by molar-refractivity contribution is 5.94. The summed E-state index contributed by atoms with van der Waals surface area (Å²) in [6.07, 6.45) is 1.94. The molecule has 0 saturated carbocycles. The zero-order valence-electron chi connectivity index (χ0n) is 12.1. The molecule has 0 aromatic rings. The van der Waals surface area contributed by atoms with E-state index in [1.807, 2.05) is 0 Å². The number of hydrogen-bond acceptors (Lipinski definition) is 4. The Kier molecular flexibility index (Phi) is 10.3. The fourth-order valence-electron chi connectivity index (χ4n) is 1.49. The van der Waals surface area contributed by atoms with Gasteiger partial charge in [0, 0.05) is 26.0 Å². The fraction of sp³-hybridized carbons (Fsp3) is 0.769. The summed E-state index contributed by atoms with van der Waals surface area (Å²) in [7, 11) is 0. The minimum Gasteiger partial charge on any atom is -0.481 e. The molecule has 116 valence electrons. The minimum absolute atomic E-state index is 0.00667. The van der Waals surface area contributed by atoms with Crippen LogP contribution in [-0.2, 0) is 14.3 Å². The normalized spacial score (nSPS) is 11.7. The van der Waals surface area contributed by atoms with Crippen molar-refractivity contribution in [2.45, 2.75) is 39.5 Å². The summed E-state index contributed by atoms with van der Waals surface area (Å²) in [5, 5.41) is 13.2. The van der Waals surface area contributed by atoms with Crippen molar-refractivity contribution in [3.63, 3.8) is 0 Å². The first-order valence-corrected chi connectivity index (χ1v) is 6.82. The lowest BCUT2D eigenvalue weighted by Gasteiger charge is -2.09. The van der Waals surface area contributed by atoms with Crippen LogP contribution < -0.4 is 10.6 Å². The molecule has 0 bridgehead atoms. The molecule has 0 radical (unpaired) electrons. The summed E-state index contributed by atoms with van der Waals surface area (Å²) in [5.41, 5.74) is 0. The van der Waals surface area contributed by atoms with Crippen LogP contribution in [0.25, 0.3) is 0 Å². The van der Waals surface area contributed by atoms with Crippen LogP contribution in [0.1, 0.15) is 39.5 Å². The van der Waals surface area contributed by atoms with E-state index in [1.165, 1.54) is 0 Å². The Balaban J connectivity index is 3.64. The zero-order chi connectivity index (χ0) is 15.4. The molecule has 0 fully saturated rings. The third-order valence-corrected chi connectivity index (χ3v) is 2.48. The number of urea groups is 1. The quantitative estimate of drug-likeness (QED) is 0.523. The van der Waals surface area contributed by atoms with Crippen LogP contribution in [0.3, 0.4) is 0 Å². The van der Waals surface area contributed by atoms with Crippen molar-refractivity contribution in [1.29, 1.82) is 0 Å². The molecule has 1 unspecified atom stereocenters. The number of aliphatic carboxylic acids is 1. The van der Waals surface area contributed by atoms with E-state index in [2.05, 4.69) is 17.6 Å². The maximum Gasteiger partial charge on any atom is 0.321 e. The number of ether oxygens (including phenoxy) is 1. The highest BCUT2D eigenvalue weighted by Gasteiger charge is 2.14. The number of amides is 3. The smallest absolute Gasteiger partial charge is 0.321 e. The molecule has 20 heavy (non-hydrogen) atoms. The first kappa shape index (κ1) is 18.4. The number of carboxylic acids is 1. The van der Waals surface area contributed by atoms with E-state index in [9.17, 15) is 14.4 Å². The van der Waals surface area contributed by atoms with Crippen molar-refractivity contribution in [2.75, 3.05) is 19.8 Å². The van der Waals surface area contributed by atoms with Crippen molar-refractivity contribution in [1.82, 2.24) is 10.6 Å². The monoisotopic (exact) mass is 288 g/mol. The SMILES string of the molecule is CCCCOCCNC(=O)NC(=O)CC(C)CC(=O)O. The maximum absolute atomic E-state index is 11.4. The number of carbonyl (C=O) groups excluding carboxylic acids is 2. The van der Waals surface area contributed by atoms with Gasteiger partial charge in [-0.15, -0.1) is 0 Å². The summed E-state index contributed by atoms with van der Waals surface area (Å²) in [6.45, 7) is 5.09. The lowest BCUT2D eigenvalue weighted by molar-refractivity contribution is -0.138. The molecular weight excluding hydrogens is 264 g/mol. The summed E-state index contributed by atoms with van der Waals surface area (Å²) in [4.78, 5) is 33.2. The van der Waals surface area contributed by atoms with E-state index in [4.69, 9.17) is 9.84 Å². The first-order valence-electron chi connectivity index (χ1n) is 6.82. The van der Waals surface area contributed by atoms with Crippen LogP contribution in [-0.4, -0.2) is 42.8 Å². The zero-order valence-corrected chi connectivity index (χ0v) is 12.1. The van der Waals surface area contributed by atoms with E-state index in [-0.39, 0.29) is 18.8 Å². The van der Waals surface area contributed by atoms with Gasteiger partial charge in [-0.05, 0) is 12.3 Å². The summed E-state index contributed by atoms with van der Waals surface area (Å²) in [5.74, 6) is -1.75. The molecule has 7 nitrogen and oxygen atoms in total. The summed E-state index contributed by atoms with van der Waals surface area (Å²) in [6, 6.07) is -0.586.